The maximum atomic E-state index is 13.7. The number of hydrogen-bond donors (Lipinski definition) is 2. The summed E-state index contributed by atoms with van der Waals surface area (Å²) in [4.78, 5) is 11.8. The topological polar surface area (TPSA) is 84.9 Å². The molecule has 1 amide bonds. The van der Waals surface area contributed by atoms with Crippen molar-refractivity contribution < 1.29 is 22.5 Å². The van der Waals surface area contributed by atoms with Crippen molar-refractivity contribution in [2.45, 2.75) is 17.9 Å². The number of nitrogens with zero attached hydrogens (tertiary/aromatic N) is 1. The van der Waals surface area contributed by atoms with Crippen LogP contribution in [0.2, 0.25) is 0 Å². The van der Waals surface area contributed by atoms with Crippen molar-refractivity contribution in [3.63, 3.8) is 0 Å². The van der Waals surface area contributed by atoms with Crippen LogP contribution < -0.4 is 10.6 Å². The van der Waals surface area contributed by atoms with Gasteiger partial charge in [0, 0.05) is 0 Å². The summed E-state index contributed by atoms with van der Waals surface area (Å²) < 4.78 is 39.7. The molecule has 1 saturated heterocycles. The van der Waals surface area contributed by atoms with E-state index in [4.69, 9.17) is 5.73 Å². The van der Waals surface area contributed by atoms with Crippen molar-refractivity contribution in [3.05, 3.63) is 30.1 Å². The molecule has 2 rings (SSSR count). The van der Waals surface area contributed by atoms with Gasteiger partial charge in [-0.2, -0.15) is 4.31 Å². The summed E-state index contributed by atoms with van der Waals surface area (Å²) in [7, 11) is -3.83. The zero-order chi connectivity index (χ0) is 15.6. The van der Waals surface area contributed by atoms with Crippen LogP contribution in [0.1, 0.15) is 6.92 Å². The quantitative estimate of drug-likeness (QED) is 0.716. The molecule has 8 heteroatoms. The highest BCUT2D eigenvalue weighted by molar-refractivity contribution is 7.89. The van der Waals surface area contributed by atoms with Crippen LogP contribution in [0.3, 0.4) is 0 Å². The molecule has 1 aliphatic heterocycles. The first-order valence-electron chi connectivity index (χ1n) is 6.72. The van der Waals surface area contributed by atoms with Gasteiger partial charge in [0.05, 0.1) is 26.2 Å². The van der Waals surface area contributed by atoms with E-state index in [9.17, 15) is 17.6 Å². The van der Waals surface area contributed by atoms with Crippen LogP contribution >= 0.6 is 0 Å². The first kappa shape index (κ1) is 15.9. The van der Waals surface area contributed by atoms with E-state index in [1.165, 1.54) is 22.5 Å². The Morgan fingerprint density at radius 2 is 1.90 bits per heavy atom. The summed E-state index contributed by atoms with van der Waals surface area (Å²) in [6.07, 6.45) is 0. The minimum Gasteiger partial charge on any atom is -0.365 e. The standard InChI is InChI=1S/C13H18FN3O3S/c1-10(13(15)18)16-6-8-17(9-7-16)21(19,20)12-5-3-2-4-11(12)14/h2-5,10H,6-9H2,1H3,(H2,15,18)/p+1/t10-/m0/s1. The second-order valence-corrected chi connectivity index (χ2v) is 7.02. The fourth-order valence-corrected chi connectivity index (χ4v) is 3.95. The Hall–Kier alpha value is -1.51. The van der Waals surface area contributed by atoms with Crippen LogP contribution in [0.5, 0.6) is 0 Å². The average molecular weight is 316 g/mol. The molecule has 21 heavy (non-hydrogen) atoms. The number of nitrogens with two attached hydrogens (primary N) is 1. The maximum absolute atomic E-state index is 13.7. The third kappa shape index (κ3) is 3.22. The van der Waals surface area contributed by atoms with Crippen LogP contribution in [-0.2, 0) is 14.8 Å². The van der Waals surface area contributed by atoms with Crippen LogP contribution in [0.25, 0.3) is 0 Å². The van der Waals surface area contributed by atoms with Gasteiger partial charge in [0.25, 0.3) is 5.91 Å². The first-order chi connectivity index (χ1) is 9.84. The van der Waals surface area contributed by atoms with Crippen LogP contribution in [0, 0.1) is 5.82 Å². The number of amides is 1. The fraction of sp³-hybridized carbons (Fsp3) is 0.462. The van der Waals surface area contributed by atoms with Crippen LogP contribution in [-0.4, -0.2) is 50.9 Å². The predicted molar refractivity (Wildman–Crippen MR) is 74.5 cm³/mol. The molecule has 1 atom stereocenters. The molecule has 116 valence electrons. The number of carbonyl (C=O) groups excluding carboxylic acids is 1. The fourth-order valence-electron chi connectivity index (χ4n) is 2.44. The van der Waals surface area contributed by atoms with Gasteiger partial charge < -0.3 is 10.6 Å². The molecule has 0 spiro atoms. The molecule has 0 unspecified atom stereocenters. The summed E-state index contributed by atoms with van der Waals surface area (Å²) in [5, 5.41) is 0. The number of carbonyl (C=O) groups is 1. The molecule has 1 aromatic rings. The molecule has 1 aromatic carbocycles. The van der Waals surface area contributed by atoms with Gasteiger partial charge in [-0.25, -0.2) is 12.8 Å². The van der Waals surface area contributed by atoms with E-state index in [1.54, 1.807) is 6.92 Å². The van der Waals surface area contributed by atoms with E-state index in [2.05, 4.69) is 0 Å². The molecule has 3 N–H and O–H groups in total. The molecule has 1 heterocycles. The van der Waals surface area contributed by atoms with Crippen molar-refractivity contribution in [2.24, 2.45) is 5.73 Å². The lowest BCUT2D eigenvalue weighted by Crippen LogP contribution is -3.19. The van der Waals surface area contributed by atoms with Gasteiger partial charge in [0.1, 0.15) is 10.7 Å². The number of nitrogens with one attached hydrogen (secondary N) is 1. The number of benzene rings is 1. The van der Waals surface area contributed by atoms with Gasteiger partial charge in [-0.15, -0.1) is 0 Å². The zero-order valence-electron chi connectivity index (χ0n) is 11.8. The Morgan fingerprint density at radius 1 is 1.33 bits per heavy atom. The molecule has 0 aromatic heterocycles. The summed E-state index contributed by atoms with van der Waals surface area (Å²) in [6.45, 7) is 3.14. The normalized spacial score (nSPS) is 19.3. The smallest absolute Gasteiger partial charge is 0.275 e. The predicted octanol–water partition coefficient (Wildman–Crippen LogP) is -1.41. The number of sulfonamides is 1. The van der Waals surface area contributed by atoms with Gasteiger partial charge in [0.2, 0.25) is 10.0 Å². The third-order valence-corrected chi connectivity index (χ3v) is 5.79. The van der Waals surface area contributed by atoms with Gasteiger partial charge >= 0.3 is 0 Å². The molecular weight excluding hydrogens is 297 g/mol. The maximum Gasteiger partial charge on any atom is 0.275 e. The van der Waals surface area contributed by atoms with Crippen molar-refractivity contribution in [1.29, 1.82) is 0 Å². The van der Waals surface area contributed by atoms with Crippen molar-refractivity contribution >= 4 is 15.9 Å². The Kier molecular flexibility index (Phi) is 4.60. The Labute approximate surface area is 123 Å². The number of piperazine rings is 1. The average Bonchev–Trinajstić information content (AvgIpc) is 2.46. The second kappa shape index (κ2) is 6.08. The number of rotatable bonds is 4. The SMILES string of the molecule is C[C@@H](C(N)=O)[NH+]1CCN(S(=O)(=O)c2ccccc2F)CC1. The van der Waals surface area contributed by atoms with E-state index < -0.39 is 21.7 Å². The Balaban J connectivity index is 2.12. The first-order valence-corrected chi connectivity index (χ1v) is 8.16. The molecule has 0 bridgehead atoms. The van der Waals surface area contributed by atoms with Crippen molar-refractivity contribution in [1.82, 2.24) is 4.31 Å². The molecule has 0 saturated carbocycles. The number of quaternary nitrogens is 1. The van der Waals surface area contributed by atoms with E-state index in [0.717, 1.165) is 11.0 Å². The molecule has 1 fully saturated rings. The van der Waals surface area contributed by atoms with Crippen molar-refractivity contribution in [3.8, 4) is 0 Å². The molecule has 6 nitrogen and oxygen atoms in total. The summed E-state index contributed by atoms with van der Waals surface area (Å²) in [5.74, 6) is -1.16. The lowest BCUT2D eigenvalue weighted by Gasteiger charge is -2.33. The Bertz CT molecular complexity index is 627. The highest BCUT2D eigenvalue weighted by Gasteiger charge is 2.34. The molecule has 1 aliphatic rings. The van der Waals surface area contributed by atoms with Gasteiger partial charge in [-0.05, 0) is 19.1 Å². The van der Waals surface area contributed by atoms with E-state index in [-0.39, 0.29) is 24.0 Å². The van der Waals surface area contributed by atoms with Gasteiger partial charge in [0.15, 0.2) is 6.04 Å². The summed E-state index contributed by atoms with van der Waals surface area (Å²) >= 11 is 0. The minimum atomic E-state index is -3.83. The van der Waals surface area contributed by atoms with E-state index in [0.29, 0.717) is 13.1 Å². The lowest BCUT2D eigenvalue weighted by atomic mass is 10.2. The van der Waals surface area contributed by atoms with Gasteiger partial charge in [-0.1, -0.05) is 12.1 Å². The molecule has 0 aliphatic carbocycles. The lowest BCUT2D eigenvalue weighted by molar-refractivity contribution is -0.917. The van der Waals surface area contributed by atoms with Crippen LogP contribution in [0.15, 0.2) is 29.2 Å². The zero-order valence-corrected chi connectivity index (χ0v) is 12.6. The van der Waals surface area contributed by atoms with E-state index >= 15 is 0 Å². The van der Waals surface area contributed by atoms with E-state index in [1.807, 2.05) is 0 Å². The second-order valence-electron chi connectivity index (χ2n) is 5.12. The van der Waals surface area contributed by atoms with Gasteiger partial charge in [-0.3, -0.25) is 4.79 Å². The number of hydrogen-bond acceptors (Lipinski definition) is 3. The largest absolute Gasteiger partial charge is 0.365 e. The number of halogens is 1. The van der Waals surface area contributed by atoms with Crippen LogP contribution in [0.4, 0.5) is 4.39 Å². The summed E-state index contributed by atoms with van der Waals surface area (Å²) in [6, 6.07) is 4.97. The van der Waals surface area contributed by atoms with Crippen molar-refractivity contribution in [2.75, 3.05) is 26.2 Å². The molecule has 0 radical (unpaired) electrons. The minimum absolute atomic E-state index is 0.240. The number of primary amides is 1. The Morgan fingerprint density at radius 3 is 2.43 bits per heavy atom. The third-order valence-electron chi connectivity index (χ3n) is 3.86. The monoisotopic (exact) mass is 316 g/mol. The highest BCUT2D eigenvalue weighted by atomic mass is 32.2. The highest BCUT2D eigenvalue weighted by Crippen LogP contribution is 2.18. The summed E-state index contributed by atoms with van der Waals surface area (Å²) in [5.41, 5.74) is 5.26. The molecular formula is C13H19FN3O3S+.